The molecule has 0 heterocycles. The Bertz CT molecular complexity index is 543. The van der Waals surface area contributed by atoms with Gasteiger partial charge in [0.2, 0.25) is 0 Å². The highest BCUT2D eigenvalue weighted by molar-refractivity contribution is 8.24. The van der Waals surface area contributed by atoms with Gasteiger partial charge in [-0.3, -0.25) is 4.79 Å². The van der Waals surface area contributed by atoms with Gasteiger partial charge in [0.1, 0.15) is 12.0 Å². The number of phenols is 1. The van der Waals surface area contributed by atoms with Crippen LogP contribution < -0.4 is 0 Å². The first kappa shape index (κ1) is 17.4. The summed E-state index contributed by atoms with van der Waals surface area (Å²) in [5, 5.41) is 9.45. The third kappa shape index (κ3) is 6.10. The molecule has 6 heteroatoms. The van der Waals surface area contributed by atoms with Crippen LogP contribution in [0.2, 0.25) is 0 Å². The lowest BCUT2D eigenvalue weighted by Crippen LogP contribution is -2.28. The first-order valence-corrected chi connectivity index (χ1v) is 7.73. The van der Waals surface area contributed by atoms with Crippen LogP contribution in [-0.2, 0) is 9.59 Å². The number of aldehydes is 1. The molecule has 0 spiro atoms. The maximum atomic E-state index is 12.3. The molecule has 0 saturated carbocycles. The molecule has 0 aliphatic heterocycles. The third-order valence-electron chi connectivity index (χ3n) is 2.72. The minimum atomic E-state index is -0.157. The predicted molar refractivity (Wildman–Crippen MR) is 90.3 cm³/mol. The van der Waals surface area contributed by atoms with E-state index in [0.29, 0.717) is 24.3 Å². The number of aromatic hydroxyl groups is 1. The number of likely N-dealkylation sites (N-methyl/N-ethyl adjacent to an activating group) is 1. The Morgan fingerprint density at radius 1 is 1.48 bits per heavy atom. The van der Waals surface area contributed by atoms with Crippen LogP contribution >= 0.6 is 24.0 Å². The van der Waals surface area contributed by atoms with Crippen LogP contribution in [0.15, 0.2) is 29.2 Å². The molecule has 0 fully saturated rings. The van der Waals surface area contributed by atoms with Gasteiger partial charge in [0.15, 0.2) is 0 Å². The summed E-state index contributed by atoms with van der Waals surface area (Å²) in [5.74, 6) is -0.0161. The van der Waals surface area contributed by atoms with Gasteiger partial charge < -0.3 is 14.8 Å². The highest BCUT2D eigenvalue weighted by Crippen LogP contribution is 2.21. The first-order chi connectivity index (χ1) is 10.1. The average molecular weight is 323 g/mol. The highest BCUT2D eigenvalue weighted by atomic mass is 32.2. The number of thioether (sulfide) groups is 1. The molecule has 1 aromatic rings. The fourth-order valence-electron chi connectivity index (χ4n) is 1.67. The van der Waals surface area contributed by atoms with Crippen LogP contribution in [0.3, 0.4) is 0 Å². The van der Waals surface area contributed by atoms with Gasteiger partial charge in [0, 0.05) is 24.7 Å². The van der Waals surface area contributed by atoms with E-state index >= 15 is 0 Å². The second-order valence-corrected chi connectivity index (χ2v) is 5.80. The van der Waals surface area contributed by atoms with Crippen molar-refractivity contribution in [2.24, 2.45) is 0 Å². The maximum Gasteiger partial charge on any atom is 0.260 e. The summed E-state index contributed by atoms with van der Waals surface area (Å²) in [5.41, 5.74) is 0.726. The van der Waals surface area contributed by atoms with Crippen LogP contribution in [0.25, 0.3) is 6.08 Å². The van der Waals surface area contributed by atoms with Gasteiger partial charge >= 0.3 is 0 Å². The second kappa shape index (κ2) is 9.31. The summed E-state index contributed by atoms with van der Waals surface area (Å²) >= 11 is 5.97. The Kier molecular flexibility index (Phi) is 7.71. The lowest BCUT2D eigenvalue weighted by molar-refractivity contribution is -0.125. The molecule has 112 valence electrons. The van der Waals surface area contributed by atoms with E-state index in [1.165, 1.54) is 4.70 Å². The van der Waals surface area contributed by atoms with E-state index in [2.05, 4.69) is 0 Å². The number of thiocarbonyl (C=S) groups is 1. The van der Waals surface area contributed by atoms with E-state index in [1.807, 2.05) is 0 Å². The Morgan fingerprint density at radius 2 is 2.24 bits per heavy atom. The predicted octanol–water partition coefficient (Wildman–Crippen LogP) is 2.86. The lowest BCUT2D eigenvalue weighted by atomic mass is 10.2. The van der Waals surface area contributed by atoms with Crippen molar-refractivity contribution in [1.29, 1.82) is 0 Å². The van der Waals surface area contributed by atoms with Crippen molar-refractivity contribution >= 4 is 46.9 Å². The molecule has 0 aliphatic carbocycles. The number of amides is 1. The van der Waals surface area contributed by atoms with E-state index in [4.69, 9.17) is 12.2 Å². The first-order valence-electron chi connectivity index (χ1n) is 6.38. The molecule has 21 heavy (non-hydrogen) atoms. The van der Waals surface area contributed by atoms with Gasteiger partial charge in [-0.25, -0.2) is 0 Å². The van der Waals surface area contributed by atoms with E-state index < -0.39 is 0 Å². The second-order valence-electron chi connectivity index (χ2n) is 4.35. The van der Waals surface area contributed by atoms with Gasteiger partial charge in [0.25, 0.3) is 5.91 Å². The fourth-order valence-corrected chi connectivity index (χ4v) is 2.54. The molecule has 1 rings (SSSR count). The number of hydrogen-bond acceptors (Lipinski definition) is 5. The third-order valence-corrected chi connectivity index (χ3v) is 3.65. The molecular formula is C15H17NO3S2. The molecular weight excluding hydrogens is 306 g/mol. The number of rotatable bonds is 8. The zero-order valence-electron chi connectivity index (χ0n) is 11.7. The quantitative estimate of drug-likeness (QED) is 0.345. The van der Waals surface area contributed by atoms with Gasteiger partial charge in [0.05, 0.1) is 4.91 Å². The van der Waals surface area contributed by atoms with E-state index in [9.17, 15) is 14.7 Å². The largest absolute Gasteiger partial charge is 0.508 e. The highest BCUT2D eigenvalue weighted by Gasteiger charge is 2.14. The topological polar surface area (TPSA) is 57.6 Å². The Labute approximate surface area is 133 Å². The summed E-state index contributed by atoms with van der Waals surface area (Å²) in [4.78, 5) is 24.7. The molecule has 0 saturated heterocycles. The fraction of sp³-hybridized carbons (Fsp3) is 0.267. The molecule has 0 aliphatic rings. The normalized spacial score (nSPS) is 11.0. The summed E-state index contributed by atoms with van der Waals surface area (Å²) in [6.07, 6.45) is 3.59. The van der Waals surface area contributed by atoms with Crippen LogP contribution in [0.1, 0.15) is 18.4 Å². The van der Waals surface area contributed by atoms with Crippen molar-refractivity contribution in [1.82, 2.24) is 4.90 Å². The number of unbranched alkanes of at least 4 members (excludes halogenated alkanes) is 1. The molecule has 1 aromatic carbocycles. The standard InChI is InChI=1S/C15H17NO3S2/c1-16(7-2-3-8-17)15(19)14(21-11-20)10-12-5-4-6-13(18)9-12/h4-6,8-11,18H,2-3,7H2,1H3/b14-10-. The van der Waals surface area contributed by atoms with Gasteiger partial charge in [-0.05, 0) is 30.2 Å². The number of benzene rings is 1. The van der Waals surface area contributed by atoms with Crippen LogP contribution in [0.5, 0.6) is 5.75 Å². The van der Waals surface area contributed by atoms with Gasteiger partial charge in [-0.2, -0.15) is 0 Å². The monoisotopic (exact) mass is 323 g/mol. The molecule has 0 atom stereocenters. The Morgan fingerprint density at radius 3 is 2.86 bits per heavy atom. The van der Waals surface area contributed by atoms with Crippen LogP contribution in [0.4, 0.5) is 0 Å². The Balaban J connectivity index is 2.86. The number of carbonyl (C=O) groups excluding carboxylic acids is 2. The molecule has 0 bridgehead atoms. The molecule has 1 amide bonds. The number of hydrogen-bond donors (Lipinski definition) is 1. The van der Waals surface area contributed by atoms with Gasteiger partial charge in [-0.1, -0.05) is 36.1 Å². The molecule has 0 unspecified atom stereocenters. The van der Waals surface area contributed by atoms with E-state index in [1.54, 1.807) is 42.3 Å². The minimum absolute atomic E-state index is 0.141. The molecule has 0 aromatic heterocycles. The molecule has 4 nitrogen and oxygen atoms in total. The lowest BCUT2D eigenvalue weighted by Gasteiger charge is -2.17. The number of nitrogens with zero attached hydrogens (tertiary/aromatic N) is 1. The van der Waals surface area contributed by atoms with Crippen molar-refractivity contribution in [3.63, 3.8) is 0 Å². The summed E-state index contributed by atoms with van der Waals surface area (Å²) in [6, 6.07) is 6.64. The summed E-state index contributed by atoms with van der Waals surface area (Å²) in [6.45, 7) is 0.507. The van der Waals surface area contributed by atoms with Crippen molar-refractivity contribution in [3.05, 3.63) is 34.7 Å². The maximum absolute atomic E-state index is 12.3. The summed E-state index contributed by atoms with van der Waals surface area (Å²) in [7, 11) is 1.69. The van der Waals surface area contributed by atoms with Crippen LogP contribution in [0, 0.1) is 0 Å². The van der Waals surface area contributed by atoms with Gasteiger partial charge in [-0.15, -0.1) is 0 Å². The minimum Gasteiger partial charge on any atom is -0.508 e. The average Bonchev–Trinajstić information content (AvgIpc) is 2.46. The smallest absolute Gasteiger partial charge is 0.260 e. The summed E-state index contributed by atoms with van der Waals surface area (Å²) < 4.78 is 1.42. The SMILES string of the molecule is CN(CCCC=O)C(=O)/C(=C/c1cccc(O)c1)SC=S. The number of phenolic OH excluding ortho intramolecular Hbond substituents is 1. The molecule has 0 radical (unpaired) electrons. The van der Waals surface area contributed by atoms with E-state index in [-0.39, 0.29) is 11.7 Å². The van der Waals surface area contributed by atoms with Crippen LogP contribution in [-0.4, -0.2) is 40.5 Å². The zero-order chi connectivity index (χ0) is 15.7. The van der Waals surface area contributed by atoms with Crippen molar-refractivity contribution < 1.29 is 14.7 Å². The number of carbonyl (C=O) groups is 2. The zero-order valence-corrected chi connectivity index (χ0v) is 13.3. The van der Waals surface area contributed by atoms with Crippen molar-refractivity contribution in [3.8, 4) is 5.75 Å². The van der Waals surface area contributed by atoms with E-state index in [0.717, 1.165) is 23.6 Å². The Hall–Kier alpha value is -1.66. The van der Waals surface area contributed by atoms with Crippen molar-refractivity contribution in [2.45, 2.75) is 12.8 Å². The van der Waals surface area contributed by atoms with Crippen molar-refractivity contribution in [2.75, 3.05) is 13.6 Å². The molecule has 1 N–H and O–H groups in total.